The first-order chi connectivity index (χ1) is 8.90. The first-order valence-electron chi connectivity index (χ1n) is 4.83. The van der Waals surface area contributed by atoms with E-state index in [1.807, 2.05) is 0 Å². The number of rotatable bonds is 3. The van der Waals surface area contributed by atoms with Crippen LogP contribution in [0.1, 0.15) is 0 Å². The van der Waals surface area contributed by atoms with Gasteiger partial charge in [-0.2, -0.15) is 0 Å². The topological polar surface area (TPSA) is 72.0 Å². The van der Waals surface area contributed by atoms with E-state index in [2.05, 4.69) is 30.6 Å². The average Bonchev–Trinajstić information content (AvgIpc) is 2.35. The van der Waals surface area contributed by atoms with Crippen molar-refractivity contribution in [2.75, 3.05) is 4.72 Å². The second-order valence-corrected chi connectivity index (χ2v) is 6.71. The Morgan fingerprint density at radius 3 is 2.63 bits per heavy atom. The number of halogens is 3. The number of sulfonamides is 1. The summed E-state index contributed by atoms with van der Waals surface area (Å²) in [5.74, 6) is 0. The smallest absolute Gasteiger partial charge is 0.263 e. The summed E-state index contributed by atoms with van der Waals surface area (Å²) in [6.45, 7) is 0. The molecule has 0 fully saturated rings. The van der Waals surface area contributed by atoms with Crippen molar-refractivity contribution >= 4 is 54.8 Å². The molecule has 5 nitrogen and oxygen atoms in total. The van der Waals surface area contributed by atoms with E-state index in [9.17, 15) is 8.42 Å². The van der Waals surface area contributed by atoms with Gasteiger partial charge in [0.25, 0.3) is 10.0 Å². The molecule has 0 spiro atoms. The minimum absolute atomic E-state index is 0.0470. The molecule has 0 atom stereocenters. The van der Waals surface area contributed by atoms with E-state index in [-0.39, 0.29) is 15.1 Å². The average molecular weight is 383 g/mol. The zero-order chi connectivity index (χ0) is 14.0. The van der Waals surface area contributed by atoms with Crippen LogP contribution < -0.4 is 4.72 Å². The van der Waals surface area contributed by atoms with Crippen LogP contribution in [0.2, 0.25) is 10.2 Å². The Bertz CT molecular complexity index is 724. The van der Waals surface area contributed by atoms with Gasteiger partial charge in [0.1, 0.15) is 10.0 Å². The van der Waals surface area contributed by atoms with Gasteiger partial charge in [-0.1, -0.05) is 23.2 Å². The third-order valence-electron chi connectivity index (χ3n) is 2.10. The van der Waals surface area contributed by atoms with Crippen molar-refractivity contribution in [2.45, 2.75) is 4.90 Å². The van der Waals surface area contributed by atoms with Crippen LogP contribution in [-0.2, 0) is 10.0 Å². The molecule has 0 saturated carbocycles. The minimum Gasteiger partial charge on any atom is -0.278 e. The quantitative estimate of drug-likeness (QED) is 0.826. The molecule has 2 heterocycles. The molecule has 0 aromatic carbocycles. The van der Waals surface area contributed by atoms with Crippen LogP contribution >= 0.6 is 39.1 Å². The second-order valence-electron chi connectivity index (χ2n) is 3.40. The highest BCUT2D eigenvalue weighted by Gasteiger charge is 2.17. The van der Waals surface area contributed by atoms with Crippen LogP contribution in [0.4, 0.5) is 5.69 Å². The van der Waals surface area contributed by atoms with Gasteiger partial charge >= 0.3 is 0 Å². The fourth-order valence-electron chi connectivity index (χ4n) is 1.21. The zero-order valence-corrected chi connectivity index (χ0v) is 13.1. The lowest BCUT2D eigenvalue weighted by Gasteiger charge is -2.09. The van der Waals surface area contributed by atoms with Gasteiger partial charge in [-0.25, -0.2) is 13.4 Å². The van der Waals surface area contributed by atoms with Crippen molar-refractivity contribution in [3.05, 3.63) is 45.4 Å². The molecule has 0 aliphatic heterocycles. The maximum atomic E-state index is 12.1. The molecular formula is C10H6BrCl2N3O2S. The van der Waals surface area contributed by atoms with E-state index < -0.39 is 10.0 Å². The Hall–Kier alpha value is -0.890. The molecule has 2 aromatic heterocycles. The first kappa shape index (κ1) is 14.5. The van der Waals surface area contributed by atoms with Gasteiger partial charge in [0.15, 0.2) is 0 Å². The highest BCUT2D eigenvalue weighted by atomic mass is 79.9. The third kappa shape index (κ3) is 3.36. The van der Waals surface area contributed by atoms with E-state index in [4.69, 9.17) is 23.2 Å². The Balaban J connectivity index is 2.38. The molecular weight excluding hydrogens is 377 g/mol. The molecule has 2 aromatic rings. The number of hydrogen-bond acceptors (Lipinski definition) is 4. The maximum absolute atomic E-state index is 12.1. The van der Waals surface area contributed by atoms with Gasteiger partial charge in [0.05, 0.1) is 15.2 Å². The van der Waals surface area contributed by atoms with Crippen LogP contribution in [-0.4, -0.2) is 18.4 Å². The summed E-state index contributed by atoms with van der Waals surface area (Å²) >= 11 is 14.6. The van der Waals surface area contributed by atoms with Crippen LogP contribution in [0.5, 0.6) is 0 Å². The number of hydrogen-bond donors (Lipinski definition) is 1. The highest BCUT2D eigenvalue weighted by Crippen LogP contribution is 2.26. The third-order valence-corrected chi connectivity index (χ3v) is 4.75. The summed E-state index contributed by atoms with van der Waals surface area (Å²) in [5.41, 5.74) is 0.362. The lowest BCUT2D eigenvalue weighted by Crippen LogP contribution is -2.13. The molecule has 9 heteroatoms. The van der Waals surface area contributed by atoms with Gasteiger partial charge in [-0.3, -0.25) is 9.71 Å². The Morgan fingerprint density at radius 1 is 1.26 bits per heavy atom. The standard InChI is InChI=1S/C10H6BrCl2N3O2S/c11-7-5-14-2-1-9(7)16-19(17,18)6-3-8(12)10(13)15-4-6/h1-5H,(H,14,16). The SMILES string of the molecule is O=S(=O)(Nc1ccncc1Br)c1cnc(Cl)c(Cl)c1. The molecule has 0 saturated heterocycles. The summed E-state index contributed by atoms with van der Waals surface area (Å²) < 4.78 is 27.2. The van der Waals surface area contributed by atoms with Gasteiger partial charge in [0, 0.05) is 18.6 Å². The molecule has 0 amide bonds. The van der Waals surface area contributed by atoms with E-state index in [1.54, 1.807) is 0 Å². The molecule has 2 rings (SSSR count). The summed E-state index contributed by atoms with van der Waals surface area (Å²) in [7, 11) is -3.79. The van der Waals surface area contributed by atoms with Crippen molar-refractivity contribution in [1.82, 2.24) is 9.97 Å². The predicted molar refractivity (Wildman–Crippen MR) is 77.0 cm³/mol. The number of pyridine rings is 2. The minimum atomic E-state index is -3.79. The van der Waals surface area contributed by atoms with Crippen molar-refractivity contribution in [1.29, 1.82) is 0 Å². The summed E-state index contributed by atoms with van der Waals surface area (Å²) in [5, 5.41) is 0.115. The van der Waals surface area contributed by atoms with Gasteiger partial charge in [-0.05, 0) is 28.1 Å². The van der Waals surface area contributed by atoms with E-state index >= 15 is 0 Å². The molecule has 0 aliphatic rings. The molecule has 0 aliphatic carbocycles. The lowest BCUT2D eigenvalue weighted by molar-refractivity contribution is 0.601. The van der Waals surface area contributed by atoms with Crippen molar-refractivity contribution in [2.24, 2.45) is 0 Å². The van der Waals surface area contributed by atoms with Crippen LogP contribution in [0.25, 0.3) is 0 Å². The fourth-order valence-corrected chi connectivity index (χ4v) is 3.08. The number of nitrogens with zero attached hydrogens (tertiary/aromatic N) is 2. The van der Waals surface area contributed by atoms with Crippen LogP contribution in [0.15, 0.2) is 40.1 Å². The number of anilines is 1. The Morgan fingerprint density at radius 2 is 2.00 bits per heavy atom. The van der Waals surface area contributed by atoms with Gasteiger partial charge in [0.2, 0.25) is 0 Å². The van der Waals surface area contributed by atoms with Gasteiger partial charge < -0.3 is 0 Å². The van der Waals surface area contributed by atoms with Crippen molar-refractivity contribution < 1.29 is 8.42 Å². The summed E-state index contributed by atoms with van der Waals surface area (Å²) in [4.78, 5) is 7.46. The maximum Gasteiger partial charge on any atom is 0.263 e. The molecule has 100 valence electrons. The van der Waals surface area contributed by atoms with Crippen LogP contribution in [0, 0.1) is 0 Å². The summed E-state index contributed by atoms with van der Waals surface area (Å²) in [6.07, 6.45) is 4.08. The van der Waals surface area contributed by atoms with Crippen molar-refractivity contribution in [3.8, 4) is 0 Å². The Kier molecular flexibility index (Phi) is 4.29. The summed E-state index contributed by atoms with van der Waals surface area (Å²) in [6, 6.07) is 2.75. The Labute approximate surface area is 128 Å². The predicted octanol–water partition coefficient (Wildman–Crippen LogP) is 3.35. The van der Waals surface area contributed by atoms with E-state index in [1.165, 1.54) is 24.5 Å². The highest BCUT2D eigenvalue weighted by molar-refractivity contribution is 9.10. The molecule has 19 heavy (non-hydrogen) atoms. The molecule has 1 N–H and O–H groups in total. The number of nitrogens with one attached hydrogen (secondary N) is 1. The normalized spacial score (nSPS) is 11.3. The van der Waals surface area contributed by atoms with Crippen LogP contribution in [0.3, 0.4) is 0 Å². The largest absolute Gasteiger partial charge is 0.278 e. The fraction of sp³-hybridized carbons (Fsp3) is 0. The molecule has 0 unspecified atom stereocenters. The van der Waals surface area contributed by atoms with E-state index in [0.29, 0.717) is 10.2 Å². The number of aromatic nitrogens is 2. The lowest BCUT2D eigenvalue weighted by atomic mass is 10.4. The zero-order valence-electron chi connectivity index (χ0n) is 9.14. The molecule has 0 bridgehead atoms. The van der Waals surface area contributed by atoms with Crippen molar-refractivity contribution in [3.63, 3.8) is 0 Å². The first-order valence-corrected chi connectivity index (χ1v) is 7.87. The monoisotopic (exact) mass is 381 g/mol. The van der Waals surface area contributed by atoms with Gasteiger partial charge in [-0.15, -0.1) is 0 Å². The molecule has 0 radical (unpaired) electrons. The second kappa shape index (κ2) is 5.62. The van der Waals surface area contributed by atoms with E-state index in [0.717, 1.165) is 6.20 Å².